The Balaban J connectivity index is 2.40. The minimum atomic E-state index is -2.92. The molecule has 4 nitrogen and oxygen atoms in total. The second-order valence-electron chi connectivity index (χ2n) is 6.76. The number of hydrogen-bond acceptors (Lipinski definition) is 4. The lowest BCUT2D eigenvalue weighted by molar-refractivity contribution is 0.555. The Kier molecular flexibility index (Phi) is 4.54. The number of sulfone groups is 1. The third kappa shape index (κ3) is 3.89. The first-order valence-electron chi connectivity index (χ1n) is 7.17. The van der Waals surface area contributed by atoms with Crippen LogP contribution < -0.4 is 4.90 Å². The van der Waals surface area contributed by atoms with Crippen LogP contribution in [0.15, 0.2) is 12.1 Å². The summed E-state index contributed by atoms with van der Waals surface area (Å²) >= 11 is 6.00. The minimum Gasteiger partial charge on any atom is -0.352 e. The van der Waals surface area contributed by atoms with Gasteiger partial charge in [0, 0.05) is 29.6 Å². The highest BCUT2D eigenvalue weighted by Crippen LogP contribution is 2.27. The molecule has 1 aliphatic heterocycles. The van der Waals surface area contributed by atoms with Crippen LogP contribution in [0.1, 0.15) is 39.0 Å². The lowest BCUT2D eigenvalue weighted by Crippen LogP contribution is -2.47. The first-order chi connectivity index (χ1) is 9.62. The van der Waals surface area contributed by atoms with Crippen molar-refractivity contribution in [3.63, 3.8) is 0 Å². The van der Waals surface area contributed by atoms with Crippen LogP contribution in [0.3, 0.4) is 0 Å². The Labute approximate surface area is 132 Å². The molecule has 118 valence electrons. The minimum absolute atomic E-state index is 0.0605. The maximum Gasteiger partial charge on any atom is 0.154 e. The van der Waals surface area contributed by atoms with Crippen molar-refractivity contribution in [3.8, 4) is 0 Å². The van der Waals surface area contributed by atoms with Gasteiger partial charge in [0.05, 0.1) is 11.5 Å². The van der Waals surface area contributed by atoms with E-state index in [1.165, 1.54) is 0 Å². The number of nitrogens with zero attached hydrogens (tertiary/aromatic N) is 2. The Morgan fingerprint density at radius 3 is 2.57 bits per heavy atom. The molecule has 1 unspecified atom stereocenters. The van der Waals surface area contributed by atoms with Gasteiger partial charge < -0.3 is 4.90 Å². The molecule has 1 aromatic heterocycles. The summed E-state index contributed by atoms with van der Waals surface area (Å²) in [5.41, 5.74) is 1.94. The van der Waals surface area contributed by atoms with Crippen LogP contribution in [0.25, 0.3) is 0 Å². The molecule has 1 aliphatic rings. The molecule has 0 amide bonds. The number of rotatable bonds is 2. The molecule has 0 aliphatic carbocycles. The quantitative estimate of drug-likeness (QED) is 0.782. The molecule has 21 heavy (non-hydrogen) atoms. The molecule has 0 spiro atoms. The first kappa shape index (κ1) is 16.6. The van der Waals surface area contributed by atoms with Crippen molar-refractivity contribution in [1.82, 2.24) is 4.98 Å². The number of anilines is 1. The molecule has 1 atom stereocenters. The van der Waals surface area contributed by atoms with Gasteiger partial charge in [-0.3, -0.25) is 0 Å². The van der Waals surface area contributed by atoms with E-state index in [1.54, 1.807) is 0 Å². The second kappa shape index (κ2) is 5.76. The number of halogens is 1. The van der Waals surface area contributed by atoms with E-state index in [2.05, 4.69) is 25.7 Å². The Morgan fingerprint density at radius 1 is 1.38 bits per heavy atom. The van der Waals surface area contributed by atoms with Crippen molar-refractivity contribution < 1.29 is 8.42 Å². The molecule has 2 rings (SSSR count). The summed E-state index contributed by atoms with van der Waals surface area (Å²) in [6, 6.07) is 3.94. The molecular weight excluding hydrogens is 308 g/mol. The molecule has 0 saturated carbocycles. The van der Waals surface area contributed by atoms with E-state index in [0.717, 1.165) is 17.1 Å². The summed E-state index contributed by atoms with van der Waals surface area (Å²) < 4.78 is 23.4. The summed E-state index contributed by atoms with van der Waals surface area (Å²) in [6.45, 7) is 8.76. The highest BCUT2D eigenvalue weighted by molar-refractivity contribution is 7.91. The molecule has 0 radical (unpaired) electrons. The third-order valence-corrected chi connectivity index (χ3v) is 5.86. The molecule has 0 bridgehead atoms. The Morgan fingerprint density at radius 2 is 2.05 bits per heavy atom. The van der Waals surface area contributed by atoms with Crippen molar-refractivity contribution in [2.75, 3.05) is 23.0 Å². The molecule has 0 N–H and O–H groups in total. The predicted molar refractivity (Wildman–Crippen MR) is 88.0 cm³/mol. The van der Waals surface area contributed by atoms with Gasteiger partial charge in [-0.15, -0.1) is 11.6 Å². The number of aromatic nitrogens is 1. The van der Waals surface area contributed by atoms with E-state index in [0.29, 0.717) is 12.4 Å². The van der Waals surface area contributed by atoms with Crippen LogP contribution in [-0.2, 0) is 21.1 Å². The van der Waals surface area contributed by atoms with Crippen molar-refractivity contribution in [1.29, 1.82) is 0 Å². The molecule has 1 aromatic rings. The average Bonchev–Trinajstić information content (AvgIpc) is 2.36. The molecule has 1 fully saturated rings. The fourth-order valence-corrected chi connectivity index (χ4v) is 4.23. The van der Waals surface area contributed by atoms with E-state index >= 15 is 0 Å². The SMILES string of the molecule is CC1CS(=O)(=O)CCN1c1cc(CCl)cc(C(C)(C)C)n1. The smallest absolute Gasteiger partial charge is 0.154 e. The van der Waals surface area contributed by atoms with Crippen LogP contribution in [0.5, 0.6) is 0 Å². The zero-order chi connectivity index (χ0) is 15.8. The van der Waals surface area contributed by atoms with Gasteiger partial charge in [-0.1, -0.05) is 20.8 Å². The lowest BCUT2D eigenvalue weighted by atomic mass is 9.91. The van der Waals surface area contributed by atoms with E-state index in [1.807, 2.05) is 19.1 Å². The zero-order valence-electron chi connectivity index (χ0n) is 13.1. The highest BCUT2D eigenvalue weighted by Gasteiger charge is 2.30. The maximum atomic E-state index is 11.7. The molecule has 0 aromatic carbocycles. The van der Waals surface area contributed by atoms with Gasteiger partial charge >= 0.3 is 0 Å². The normalized spacial score (nSPS) is 22.3. The molecule has 1 saturated heterocycles. The highest BCUT2D eigenvalue weighted by atomic mass is 35.5. The Hall–Kier alpha value is -0.810. The van der Waals surface area contributed by atoms with Gasteiger partial charge in [0.25, 0.3) is 0 Å². The van der Waals surface area contributed by atoms with Crippen LogP contribution >= 0.6 is 11.6 Å². The van der Waals surface area contributed by atoms with E-state index in [4.69, 9.17) is 16.6 Å². The molecule has 6 heteroatoms. The van der Waals surface area contributed by atoms with Crippen LogP contribution in [-0.4, -0.2) is 37.5 Å². The van der Waals surface area contributed by atoms with Crippen molar-refractivity contribution in [3.05, 3.63) is 23.4 Å². The van der Waals surface area contributed by atoms with Gasteiger partial charge in [-0.05, 0) is 24.6 Å². The monoisotopic (exact) mass is 330 g/mol. The third-order valence-electron chi connectivity index (χ3n) is 3.76. The van der Waals surface area contributed by atoms with Crippen molar-refractivity contribution >= 4 is 27.3 Å². The number of pyridine rings is 1. The van der Waals surface area contributed by atoms with Gasteiger partial charge in [0.2, 0.25) is 0 Å². The summed E-state index contributed by atoms with van der Waals surface area (Å²) in [6.07, 6.45) is 0. The topological polar surface area (TPSA) is 50.3 Å². The molecular formula is C15H23ClN2O2S. The molecule has 2 heterocycles. The first-order valence-corrected chi connectivity index (χ1v) is 9.52. The van der Waals surface area contributed by atoms with Crippen LogP contribution in [0, 0.1) is 0 Å². The number of hydrogen-bond donors (Lipinski definition) is 0. The standard InChI is InChI=1S/C15H23ClN2O2S/c1-11-10-21(19,20)6-5-18(11)14-8-12(9-16)7-13(17-14)15(2,3)4/h7-8,11H,5-6,9-10H2,1-4H3. The Bertz CT molecular complexity index is 623. The predicted octanol–water partition coefficient (Wildman–Crippen LogP) is 2.74. The van der Waals surface area contributed by atoms with Crippen molar-refractivity contribution in [2.24, 2.45) is 0 Å². The van der Waals surface area contributed by atoms with Gasteiger partial charge in [-0.25, -0.2) is 13.4 Å². The van der Waals surface area contributed by atoms with E-state index in [9.17, 15) is 8.42 Å². The summed E-state index contributed by atoms with van der Waals surface area (Å²) in [5, 5.41) is 0. The van der Waals surface area contributed by atoms with Gasteiger partial charge in [-0.2, -0.15) is 0 Å². The fourth-order valence-electron chi connectivity index (χ4n) is 2.52. The summed E-state index contributed by atoms with van der Waals surface area (Å²) in [4.78, 5) is 6.82. The van der Waals surface area contributed by atoms with Crippen molar-refractivity contribution in [2.45, 2.75) is 45.0 Å². The number of alkyl halides is 1. The largest absolute Gasteiger partial charge is 0.352 e. The van der Waals surface area contributed by atoms with Gasteiger partial charge in [0.15, 0.2) is 9.84 Å². The second-order valence-corrected chi connectivity index (χ2v) is 9.26. The van der Waals surface area contributed by atoms with E-state index < -0.39 is 9.84 Å². The fraction of sp³-hybridized carbons (Fsp3) is 0.667. The summed E-state index contributed by atoms with van der Waals surface area (Å²) in [7, 11) is -2.92. The van der Waals surface area contributed by atoms with Gasteiger partial charge in [0.1, 0.15) is 5.82 Å². The van der Waals surface area contributed by atoms with Crippen LogP contribution in [0.4, 0.5) is 5.82 Å². The van der Waals surface area contributed by atoms with Crippen LogP contribution in [0.2, 0.25) is 0 Å². The zero-order valence-corrected chi connectivity index (χ0v) is 14.6. The lowest BCUT2D eigenvalue weighted by Gasteiger charge is -2.35. The van der Waals surface area contributed by atoms with E-state index in [-0.39, 0.29) is 23.0 Å². The maximum absolute atomic E-state index is 11.7. The average molecular weight is 331 g/mol. The summed E-state index contributed by atoms with van der Waals surface area (Å²) in [5.74, 6) is 1.64.